The first-order valence-electron chi connectivity index (χ1n) is 6.83. The molecule has 0 radical (unpaired) electrons. The van der Waals surface area contributed by atoms with Crippen LogP contribution in [-0.4, -0.2) is 31.4 Å². The second kappa shape index (κ2) is 5.11. The highest BCUT2D eigenvalue weighted by Crippen LogP contribution is 2.37. The summed E-state index contributed by atoms with van der Waals surface area (Å²) in [7, 11) is 0.444. The summed E-state index contributed by atoms with van der Waals surface area (Å²) in [6.07, 6.45) is 0. The van der Waals surface area contributed by atoms with Crippen molar-refractivity contribution in [3.63, 3.8) is 0 Å². The van der Waals surface area contributed by atoms with Gasteiger partial charge in [-0.2, -0.15) is 0 Å². The Kier molecular flexibility index (Phi) is 3.89. The molecule has 1 saturated heterocycles. The van der Waals surface area contributed by atoms with Gasteiger partial charge >= 0.3 is 13.1 Å². The molecule has 1 heterocycles. The molecule has 0 unspecified atom stereocenters. The molecule has 1 aliphatic heterocycles. The second-order valence-corrected chi connectivity index (χ2v) is 6.21. The third-order valence-corrected chi connectivity index (χ3v) is 4.36. The van der Waals surface area contributed by atoms with Gasteiger partial charge in [0.25, 0.3) is 0 Å². The van der Waals surface area contributed by atoms with Gasteiger partial charge in [0.05, 0.1) is 23.9 Å². The molecule has 1 aliphatic rings. The van der Waals surface area contributed by atoms with Gasteiger partial charge in [-0.25, -0.2) is 9.18 Å². The van der Waals surface area contributed by atoms with Crippen molar-refractivity contribution in [2.24, 2.45) is 0 Å². The predicted octanol–water partition coefficient (Wildman–Crippen LogP) is 2.22. The third-order valence-electron chi connectivity index (χ3n) is 4.36. The molecular formula is C15H20BFO4. The smallest absolute Gasteiger partial charge is 0.465 e. The van der Waals surface area contributed by atoms with E-state index in [0.717, 1.165) is 0 Å². The number of benzene rings is 1. The molecule has 4 nitrogen and oxygen atoms in total. The normalized spacial score (nSPS) is 19.7. The summed E-state index contributed by atoms with van der Waals surface area (Å²) in [5.74, 6) is -0.969. The number of hydrogen-bond donors (Lipinski definition) is 0. The van der Waals surface area contributed by atoms with Crippen molar-refractivity contribution in [3.8, 4) is 0 Å². The third kappa shape index (κ3) is 2.58. The first-order valence-corrected chi connectivity index (χ1v) is 6.83. The number of halogens is 1. The summed E-state index contributed by atoms with van der Waals surface area (Å²) in [6.45, 7) is 9.24. The lowest BCUT2D eigenvalue weighted by Gasteiger charge is -2.32. The Labute approximate surface area is 124 Å². The summed E-state index contributed by atoms with van der Waals surface area (Å²) in [5.41, 5.74) is -0.115. The first kappa shape index (κ1) is 16.0. The fourth-order valence-corrected chi connectivity index (χ4v) is 2.28. The average Bonchev–Trinajstić information content (AvgIpc) is 2.57. The minimum Gasteiger partial charge on any atom is -0.465 e. The largest absolute Gasteiger partial charge is 0.498 e. The molecule has 0 amide bonds. The van der Waals surface area contributed by atoms with Crippen molar-refractivity contribution in [1.82, 2.24) is 0 Å². The lowest BCUT2D eigenvalue weighted by atomic mass is 9.74. The van der Waals surface area contributed by atoms with Crippen molar-refractivity contribution in [3.05, 3.63) is 29.1 Å². The maximum atomic E-state index is 14.2. The Hall–Kier alpha value is -1.40. The SMILES string of the molecule is COC(=O)c1ccc(F)c(B2OC(C)(C)C(C)(C)O2)c1C. The second-order valence-electron chi connectivity index (χ2n) is 6.21. The van der Waals surface area contributed by atoms with Crippen molar-refractivity contribution < 1.29 is 23.2 Å². The molecule has 1 aromatic rings. The van der Waals surface area contributed by atoms with Crippen LogP contribution in [-0.2, 0) is 14.0 Å². The molecule has 21 heavy (non-hydrogen) atoms. The number of carbonyl (C=O) groups is 1. The molecule has 0 aliphatic carbocycles. The molecule has 0 atom stereocenters. The summed E-state index contributed by atoms with van der Waals surface area (Å²) in [5, 5.41) is 0. The van der Waals surface area contributed by atoms with Crippen molar-refractivity contribution in [2.45, 2.75) is 45.8 Å². The van der Waals surface area contributed by atoms with E-state index >= 15 is 0 Å². The van der Waals surface area contributed by atoms with E-state index in [2.05, 4.69) is 0 Å². The first-order chi connectivity index (χ1) is 9.60. The van der Waals surface area contributed by atoms with Gasteiger partial charge < -0.3 is 14.0 Å². The van der Waals surface area contributed by atoms with Crippen LogP contribution in [0.1, 0.15) is 43.6 Å². The van der Waals surface area contributed by atoms with Crippen LogP contribution in [0.15, 0.2) is 12.1 Å². The van der Waals surface area contributed by atoms with Crippen LogP contribution < -0.4 is 5.46 Å². The maximum Gasteiger partial charge on any atom is 0.498 e. The monoisotopic (exact) mass is 294 g/mol. The van der Waals surface area contributed by atoms with Crippen molar-refractivity contribution >= 4 is 18.6 Å². The quantitative estimate of drug-likeness (QED) is 0.620. The number of carbonyl (C=O) groups excluding carboxylic acids is 1. The Morgan fingerprint density at radius 2 is 1.71 bits per heavy atom. The average molecular weight is 294 g/mol. The van der Waals surface area contributed by atoms with Gasteiger partial charge in [0.15, 0.2) is 0 Å². The van der Waals surface area contributed by atoms with E-state index in [9.17, 15) is 9.18 Å². The number of hydrogen-bond acceptors (Lipinski definition) is 4. The molecule has 0 aromatic heterocycles. The van der Waals surface area contributed by atoms with Crippen LogP contribution in [0.2, 0.25) is 0 Å². The zero-order chi connectivity index (χ0) is 16.0. The van der Waals surface area contributed by atoms with E-state index in [1.54, 1.807) is 6.92 Å². The van der Waals surface area contributed by atoms with E-state index in [1.807, 2.05) is 27.7 Å². The minimum absolute atomic E-state index is 0.247. The highest BCUT2D eigenvalue weighted by atomic mass is 19.1. The van der Waals surface area contributed by atoms with Crippen molar-refractivity contribution in [2.75, 3.05) is 7.11 Å². The standard InChI is InChI=1S/C15H20BFO4/c1-9-10(13(18)19-6)7-8-11(17)12(9)16-20-14(2,3)15(4,5)21-16/h7-8H,1-6H3. The Bertz CT molecular complexity index is 567. The van der Waals surface area contributed by atoms with Crippen LogP contribution in [0.4, 0.5) is 4.39 Å². The minimum atomic E-state index is -0.848. The fraction of sp³-hybridized carbons (Fsp3) is 0.533. The van der Waals surface area contributed by atoms with E-state index in [0.29, 0.717) is 11.1 Å². The van der Waals surface area contributed by atoms with E-state index in [1.165, 1.54) is 19.2 Å². The molecule has 6 heteroatoms. The van der Waals surface area contributed by atoms with E-state index in [-0.39, 0.29) is 5.46 Å². The topological polar surface area (TPSA) is 44.8 Å². The number of methoxy groups -OCH3 is 1. The van der Waals surface area contributed by atoms with Crippen LogP contribution in [0.5, 0.6) is 0 Å². The van der Waals surface area contributed by atoms with Crippen molar-refractivity contribution in [1.29, 1.82) is 0 Å². The molecule has 1 aromatic carbocycles. The Morgan fingerprint density at radius 1 is 1.19 bits per heavy atom. The van der Waals surface area contributed by atoms with Crippen LogP contribution >= 0.6 is 0 Å². The van der Waals surface area contributed by atoms with Gasteiger partial charge in [0, 0.05) is 5.46 Å². The van der Waals surface area contributed by atoms with Gasteiger partial charge in [0.1, 0.15) is 5.82 Å². The Morgan fingerprint density at radius 3 is 2.19 bits per heavy atom. The van der Waals surface area contributed by atoms with E-state index < -0.39 is 30.1 Å². The van der Waals surface area contributed by atoms with Crippen LogP contribution in [0.25, 0.3) is 0 Å². The highest BCUT2D eigenvalue weighted by molar-refractivity contribution is 6.62. The Balaban J connectivity index is 2.48. The zero-order valence-electron chi connectivity index (χ0n) is 13.2. The van der Waals surface area contributed by atoms with Crippen LogP contribution in [0, 0.1) is 12.7 Å². The maximum absolute atomic E-state index is 14.2. The summed E-state index contributed by atoms with van der Waals surface area (Å²) >= 11 is 0. The van der Waals surface area contributed by atoms with Gasteiger partial charge in [-0.3, -0.25) is 0 Å². The summed E-state index contributed by atoms with van der Waals surface area (Å²) in [4.78, 5) is 11.7. The number of rotatable bonds is 2. The molecule has 0 bridgehead atoms. The number of ether oxygens (including phenoxy) is 1. The molecule has 0 saturated carbocycles. The summed E-state index contributed by atoms with van der Waals surface area (Å²) < 4.78 is 30.7. The van der Waals surface area contributed by atoms with Gasteiger partial charge in [0.2, 0.25) is 0 Å². The zero-order valence-corrected chi connectivity index (χ0v) is 13.2. The lowest BCUT2D eigenvalue weighted by molar-refractivity contribution is 0.00578. The highest BCUT2D eigenvalue weighted by Gasteiger charge is 2.53. The molecule has 2 rings (SSSR count). The molecule has 0 spiro atoms. The molecule has 1 fully saturated rings. The molecular weight excluding hydrogens is 274 g/mol. The fourth-order valence-electron chi connectivity index (χ4n) is 2.28. The van der Waals surface area contributed by atoms with E-state index in [4.69, 9.17) is 14.0 Å². The van der Waals surface area contributed by atoms with Gasteiger partial charge in [-0.15, -0.1) is 0 Å². The molecule has 114 valence electrons. The summed E-state index contributed by atoms with van der Waals surface area (Å²) in [6, 6.07) is 2.64. The number of esters is 1. The van der Waals surface area contributed by atoms with Gasteiger partial charge in [-0.05, 0) is 52.3 Å². The van der Waals surface area contributed by atoms with Crippen LogP contribution in [0.3, 0.4) is 0 Å². The lowest BCUT2D eigenvalue weighted by Crippen LogP contribution is -2.41. The predicted molar refractivity (Wildman–Crippen MR) is 78.2 cm³/mol. The van der Waals surface area contributed by atoms with Gasteiger partial charge in [-0.1, -0.05) is 0 Å². The molecule has 0 N–H and O–H groups in total.